The summed E-state index contributed by atoms with van der Waals surface area (Å²) in [5.74, 6) is -0.445. The van der Waals surface area contributed by atoms with Crippen molar-refractivity contribution in [2.45, 2.75) is 0 Å². The smallest absolute Gasteiger partial charge is 0.282 e. The Morgan fingerprint density at radius 3 is 2.95 bits per heavy atom. The quantitative estimate of drug-likeness (QED) is 0.621. The summed E-state index contributed by atoms with van der Waals surface area (Å²) in [6, 6.07) is 3.95. The van der Waals surface area contributed by atoms with E-state index in [-0.39, 0.29) is 16.3 Å². The molecule has 1 aromatic rings. The number of thioether (sulfide) groups is 1. The average molecular weight is 300 g/mol. The molecule has 0 fully saturated rings. The van der Waals surface area contributed by atoms with E-state index in [1.807, 2.05) is 0 Å². The number of benzene rings is 1. The zero-order chi connectivity index (χ0) is 14.0. The van der Waals surface area contributed by atoms with Crippen LogP contribution in [0.25, 0.3) is 0 Å². The van der Waals surface area contributed by atoms with Gasteiger partial charge in [-0.05, 0) is 18.4 Å². The number of hydrogen-bond acceptors (Lipinski definition) is 5. The first-order chi connectivity index (χ1) is 9.04. The number of amides is 1. The van der Waals surface area contributed by atoms with Crippen LogP contribution in [0.1, 0.15) is 10.4 Å². The van der Waals surface area contributed by atoms with Gasteiger partial charge < -0.3 is 0 Å². The topological polar surface area (TPSA) is 75.8 Å². The Kier molecular flexibility index (Phi) is 4.06. The number of hydrogen-bond donors (Lipinski definition) is 0. The van der Waals surface area contributed by atoms with Crippen molar-refractivity contribution in [2.75, 3.05) is 19.3 Å². The lowest BCUT2D eigenvalue weighted by Crippen LogP contribution is -2.33. The predicted octanol–water partition coefficient (Wildman–Crippen LogP) is 2.42. The molecule has 6 nitrogen and oxygen atoms in total. The van der Waals surface area contributed by atoms with Gasteiger partial charge in [-0.25, -0.2) is 0 Å². The summed E-state index contributed by atoms with van der Waals surface area (Å²) in [5, 5.41) is 11.8. The highest BCUT2D eigenvalue weighted by molar-refractivity contribution is 8.13. The number of carbonyl (C=O) groups excluding carboxylic acids is 1. The minimum Gasteiger partial charge on any atom is -0.285 e. The Bertz CT molecular complexity index is 576. The van der Waals surface area contributed by atoms with Gasteiger partial charge in [0.15, 0.2) is 5.17 Å². The maximum atomic E-state index is 12.4. The van der Waals surface area contributed by atoms with Crippen molar-refractivity contribution in [2.24, 2.45) is 4.99 Å². The normalized spacial score (nSPS) is 14.4. The van der Waals surface area contributed by atoms with Crippen LogP contribution in [0.3, 0.4) is 0 Å². The highest BCUT2D eigenvalue weighted by atomic mass is 35.5. The number of nitro benzene ring substituents is 1. The zero-order valence-corrected chi connectivity index (χ0v) is 11.6. The SMILES string of the molecule is CSC1=NCCN1C(=O)c1cc(Cl)ccc1[N+](=O)[O-]. The van der Waals surface area contributed by atoms with Crippen molar-refractivity contribution in [1.29, 1.82) is 0 Å². The predicted molar refractivity (Wildman–Crippen MR) is 75.0 cm³/mol. The molecule has 0 atom stereocenters. The van der Waals surface area contributed by atoms with E-state index in [1.165, 1.54) is 34.9 Å². The third-order valence-corrected chi connectivity index (χ3v) is 3.56. The third kappa shape index (κ3) is 2.71. The van der Waals surface area contributed by atoms with Crippen LogP contribution in [0.5, 0.6) is 0 Å². The van der Waals surface area contributed by atoms with Crippen molar-refractivity contribution in [3.05, 3.63) is 38.9 Å². The summed E-state index contributed by atoms with van der Waals surface area (Å²) in [6.45, 7) is 0.939. The van der Waals surface area contributed by atoms with E-state index in [2.05, 4.69) is 4.99 Å². The molecule has 8 heteroatoms. The molecule has 1 heterocycles. The van der Waals surface area contributed by atoms with Crippen molar-refractivity contribution < 1.29 is 9.72 Å². The molecular formula is C11H10ClN3O3S. The van der Waals surface area contributed by atoms with Crippen LogP contribution in [-0.4, -0.2) is 40.2 Å². The first-order valence-corrected chi connectivity index (χ1v) is 6.99. The Balaban J connectivity index is 2.41. The molecule has 1 aromatic carbocycles. The Hall–Kier alpha value is -1.60. The van der Waals surface area contributed by atoms with Crippen LogP contribution < -0.4 is 0 Å². The fourth-order valence-electron chi connectivity index (χ4n) is 1.77. The lowest BCUT2D eigenvalue weighted by Gasteiger charge is -2.16. The zero-order valence-electron chi connectivity index (χ0n) is 10.00. The lowest BCUT2D eigenvalue weighted by molar-refractivity contribution is -0.385. The van der Waals surface area contributed by atoms with Gasteiger partial charge in [-0.3, -0.25) is 24.8 Å². The molecule has 1 aliphatic heterocycles. The van der Waals surface area contributed by atoms with Gasteiger partial charge in [0.2, 0.25) is 0 Å². The highest BCUT2D eigenvalue weighted by Gasteiger charge is 2.29. The first kappa shape index (κ1) is 13.8. The van der Waals surface area contributed by atoms with E-state index in [1.54, 1.807) is 6.26 Å². The number of rotatable bonds is 2. The minimum atomic E-state index is -0.588. The van der Waals surface area contributed by atoms with Crippen LogP contribution in [0, 0.1) is 10.1 Å². The van der Waals surface area contributed by atoms with Crippen molar-refractivity contribution in [3.8, 4) is 0 Å². The molecule has 0 aromatic heterocycles. The van der Waals surface area contributed by atoms with Gasteiger partial charge in [-0.15, -0.1) is 0 Å². The first-order valence-electron chi connectivity index (χ1n) is 5.39. The van der Waals surface area contributed by atoms with Gasteiger partial charge in [0.05, 0.1) is 11.5 Å². The molecule has 0 saturated carbocycles. The van der Waals surface area contributed by atoms with E-state index in [0.717, 1.165) is 0 Å². The summed E-state index contributed by atoms with van der Waals surface area (Å²) < 4.78 is 0. The second kappa shape index (κ2) is 5.58. The third-order valence-electron chi connectivity index (χ3n) is 2.62. The van der Waals surface area contributed by atoms with E-state index in [4.69, 9.17) is 11.6 Å². The molecule has 1 aliphatic rings. The number of aliphatic imine (C=N–C) groups is 1. The second-order valence-electron chi connectivity index (χ2n) is 3.74. The number of carbonyl (C=O) groups is 1. The van der Waals surface area contributed by atoms with Gasteiger partial charge in [-0.2, -0.15) is 0 Å². The molecule has 0 aliphatic carbocycles. The Morgan fingerprint density at radius 2 is 2.32 bits per heavy atom. The summed E-state index contributed by atoms with van der Waals surface area (Å²) in [6.07, 6.45) is 1.80. The fourth-order valence-corrected chi connectivity index (χ4v) is 2.56. The van der Waals surface area contributed by atoms with Gasteiger partial charge in [0.1, 0.15) is 5.56 Å². The number of halogens is 1. The summed E-state index contributed by atoms with van der Waals surface area (Å²) in [7, 11) is 0. The number of nitrogens with zero attached hydrogens (tertiary/aromatic N) is 3. The molecule has 0 radical (unpaired) electrons. The molecule has 0 unspecified atom stereocenters. The van der Waals surface area contributed by atoms with Crippen LogP contribution >= 0.6 is 23.4 Å². The van der Waals surface area contributed by atoms with Gasteiger partial charge in [-0.1, -0.05) is 23.4 Å². The van der Waals surface area contributed by atoms with Gasteiger partial charge in [0.25, 0.3) is 11.6 Å². The number of amidine groups is 1. The summed E-state index contributed by atoms with van der Waals surface area (Å²) in [5.41, 5.74) is -0.261. The molecule has 2 rings (SSSR count). The molecular weight excluding hydrogens is 290 g/mol. The molecule has 0 saturated heterocycles. The molecule has 0 bridgehead atoms. The van der Waals surface area contributed by atoms with Crippen molar-refractivity contribution >= 4 is 40.1 Å². The standard InChI is InChI=1S/C11H10ClN3O3S/c1-19-11-13-4-5-14(11)10(16)8-6-7(12)2-3-9(8)15(17)18/h2-3,6H,4-5H2,1H3. The average Bonchev–Trinajstić information content (AvgIpc) is 2.85. The fraction of sp³-hybridized carbons (Fsp3) is 0.273. The summed E-state index contributed by atoms with van der Waals surface area (Å²) >= 11 is 7.15. The molecule has 100 valence electrons. The Morgan fingerprint density at radius 1 is 1.58 bits per heavy atom. The second-order valence-corrected chi connectivity index (χ2v) is 4.95. The number of nitro groups is 1. The van der Waals surface area contributed by atoms with E-state index >= 15 is 0 Å². The maximum Gasteiger partial charge on any atom is 0.282 e. The van der Waals surface area contributed by atoms with E-state index in [0.29, 0.717) is 18.3 Å². The van der Waals surface area contributed by atoms with Crippen LogP contribution in [0.15, 0.2) is 23.2 Å². The molecule has 1 amide bonds. The van der Waals surface area contributed by atoms with Crippen molar-refractivity contribution in [1.82, 2.24) is 4.90 Å². The van der Waals surface area contributed by atoms with Gasteiger partial charge >= 0.3 is 0 Å². The van der Waals surface area contributed by atoms with Crippen molar-refractivity contribution in [3.63, 3.8) is 0 Å². The maximum absolute atomic E-state index is 12.4. The van der Waals surface area contributed by atoms with Gasteiger partial charge in [0, 0.05) is 17.6 Å². The highest BCUT2D eigenvalue weighted by Crippen LogP contribution is 2.26. The molecule has 19 heavy (non-hydrogen) atoms. The lowest BCUT2D eigenvalue weighted by atomic mass is 10.1. The van der Waals surface area contributed by atoms with Crippen LogP contribution in [-0.2, 0) is 0 Å². The minimum absolute atomic E-state index is 0.0128. The van der Waals surface area contributed by atoms with E-state index in [9.17, 15) is 14.9 Å². The Labute approximate surface area is 118 Å². The van der Waals surface area contributed by atoms with E-state index < -0.39 is 10.8 Å². The molecule has 0 N–H and O–H groups in total. The monoisotopic (exact) mass is 299 g/mol. The summed E-state index contributed by atoms with van der Waals surface area (Å²) in [4.78, 5) is 28.3. The van der Waals surface area contributed by atoms with Crippen LogP contribution in [0.4, 0.5) is 5.69 Å². The molecule has 0 spiro atoms. The van der Waals surface area contributed by atoms with Crippen LogP contribution in [0.2, 0.25) is 5.02 Å². The largest absolute Gasteiger partial charge is 0.285 e.